The molecule has 1 atom stereocenters. The van der Waals surface area contributed by atoms with Crippen LogP contribution in [0.5, 0.6) is 5.75 Å². The van der Waals surface area contributed by atoms with Gasteiger partial charge in [0.1, 0.15) is 11.3 Å². The number of nitrogens with zero attached hydrogens (tertiary/aromatic N) is 1. The minimum Gasteiger partial charge on any atom is -0.496 e. The average molecular weight is 414 g/mol. The summed E-state index contributed by atoms with van der Waals surface area (Å²) >= 11 is 1.52. The van der Waals surface area contributed by atoms with E-state index in [2.05, 4.69) is 0 Å². The fraction of sp³-hybridized carbons (Fsp3) is 0.556. The van der Waals surface area contributed by atoms with Gasteiger partial charge in [-0.25, -0.2) is 13.2 Å². The second-order valence-corrected chi connectivity index (χ2v) is 9.84. The number of rotatable bonds is 7. The maximum Gasteiger partial charge on any atom is 0.342 e. The van der Waals surface area contributed by atoms with Gasteiger partial charge in [-0.1, -0.05) is 0 Å². The van der Waals surface area contributed by atoms with Gasteiger partial charge in [0.05, 0.1) is 18.6 Å². The summed E-state index contributed by atoms with van der Waals surface area (Å²) in [4.78, 5) is 27.6. The van der Waals surface area contributed by atoms with Crippen LogP contribution in [-0.2, 0) is 19.4 Å². The van der Waals surface area contributed by atoms with E-state index >= 15 is 0 Å². The predicted molar refractivity (Wildman–Crippen MR) is 102 cm³/mol. The Hall–Kier alpha value is -1.74. The molecule has 1 amide bonds. The number of hydrogen-bond acceptors (Lipinski definition) is 7. The van der Waals surface area contributed by atoms with Crippen molar-refractivity contribution in [3.63, 3.8) is 0 Å². The molecule has 1 saturated carbocycles. The highest BCUT2D eigenvalue weighted by Gasteiger charge is 2.42. The Balaban J connectivity index is 1.65. The van der Waals surface area contributed by atoms with E-state index in [0.717, 1.165) is 17.7 Å². The molecule has 9 heteroatoms. The van der Waals surface area contributed by atoms with E-state index < -0.39 is 22.4 Å². The second kappa shape index (κ2) is 8.10. The van der Waals surface area contributed by atoms with Crippen LogP contribution in [0.25, 0.3) is 0 Å². The summed E-state index contributed by atoms with van der Waals surface area (Å²) in [5, 5.41) is 0. The zero-order chi connectivity index (χ0) is 19.6. The first kappa shape index (κ1) is 20.0. The highest BCUT2D eigenvalue weighted by molar-refractivity contribution is 7.98. The fourth-order valence-electron chi connectivity index (χ4n) is 3.30. The molecule has 0 spiro atoms. The van der Waals surface area contributed by atoms with Crippen molar-refractivity contribution in [3.05, 3.63) is 23.8 Å². The molecule has 1 heterocycles. The minimum atomic E-state index is -3.09. The molecule has 0 radical (unpaired) electrons. The molecule has 2 fully saturated rings. The van der Waals surface area contributed by atoms with Crippen molar-refractivity contribution in [2.24, 2.45) is 0 Å². The Labute approximate surface area is 163 Å². The predicted octanol–water partition coefficient (Wildman–Crippen LogP) is 1.75. The molecule has 1 aromatic rings. The lowest BCUT2D eigenvalue weighted by Gasteiger charge is -2.28. The van der Waals surface area contributed by atoms with Crippen molar-refractivity contribution < 1.29 is 27.5 Å². The monoisotopic (exact) mass is 413 g/mol. The Morgan fingerprint density at radius 2 is 1.96 bits per heavy atom. The molecule has 2 aliphatic rings. The Morgan fingerprint density at radius 1 is 1.22 bits per heavy atom. The molecule has 0 N–H and O–H groups in total. The molecule has 1 aromatic carbocycles. The Kier molecular flexibility index (Phi) is 6.00. The summed E-state index contributed by atoms with van der Waals surface area (Å²) < 4.78 is 33.9. The zero-order valence-electron chi connectivity index (χ0n) is 15.3. The van der Waals surface area contributed by atoms with Gasteiger partial charge in [0.25, 0.3) is 5.91 Å². The molecule has 3 rings (SSSR count). The SMILES string of the molecule is COc1cc(SC)ccc1C(=O)OCC(=O)N(C1CC1)[C@@H]1CCS(=O)(=O)C1. The van der Waals surface area contributed by atoms with Crippen molar-refractivity contribution in [1.29, 1.82) is 0 Å². The molecule has 148 valence electrons. The molecule has 1 aliphatic carbocycles. The van der Waals surface area contributed by atoms with Crippen molar-refractivity contribution in [2.45, 2.75) is 36.2 Å². The first-order chi connectivity index (χ1) is 12.8. The molecular weight excluding hydrogens is 390 g/mol. The number of methoxy groups -OCH3 is 1. The maximum absolute atomic E-state index is 12.6. The highest BCUT2D eigenvalue weighted by Crippen LogP contribution is 2.32. The zero-order valence-corrected chi connectivity index (χ0v) is 17.0. The van der Waals surface area contributed by atoms with Gasteiger partial charge in [-0.2, -0.15) is 0 Å². The number of benzene rings is 1. The van der Waals surface area contributed by atoms with Crippen molar-refractivity contribution >= 4 is 33.5 Å². The topological polar surface area (TPSA) is 90.0 Å². The van der Waals surface area contributed by atoms with Gasteiger partial charge in [-0.05, 0) is 43.7 Å². The van der Waals surface area contributed by atoms with Gasteiger partial charge >= 0.3 is 5.97 Å². The molecule has 27 heavy (non-hydrogen) atoms. The number of ether oxygens (including phenoxy) is 2. The molecular formula is C18H23NO6S2. The number of carbonyl (C=O) groups is 2. The van der Waals surface area contributed by atoms with Gasteiger partial charge in [-0.3, -0.25) is 4.79 Å². The number of hydrogen-bond donors (Lipinski definition) is 0. The van der Waals surface area contributed by atoms with Gasteiger partial charge in [0.15, 0.2) is 16.4 Å². The van der Waals surface area contributed by atoms with Crippen LogP contribution < -0.4 is 4.74 Å². The molecule has 0 unspecified atom stereocenters. The smallest absolute Gasteiger partial charge is 0.342 e. The third-order valence-electron chi connectivity index (χ3n) is 4.79. The third kappa shape index (κ3) is 4.76. The number of thioether (sulfide) groups is 1. The summed E-state index contributed by atoms with van der Waals surface area (Å²) in [6.45, 7) is -0.403. The quantitative estimate of drug-likeness (QED) is 0.497. The van der Waals surface area contributed by atoms with E-state index in [-0.39, 0.29) is 35.1 Å². The van der Waals surface area contributed by atoms with Crippen LogP contribution in [-0.4, -0.2) is 68.8 Å². The van der Waals surface area contributed by atoms with Crippen LogP contribution in [0.1, 0.15) is 29.6 Å². The van der Waals surface area contributed by atoms with Gasteiger partial charge in [0, 0.05) is 17.0 Å². The van der Waals surface area contributed by atoms with Gasteiger partial charge in [0.2, 0.25) is 0 Å². The Morgan fingerprint density at radius 3 is 2.52 bits per heavy atom. The average Bonchev–Trinajstić information content (AvgIpc) is 3.42. The lowest BCUT2D eigenvalue weighted by molar-refractivity contribution is -0.137. The molecule has 1 saturated heterocycles. The molecule has 0 bridgehead atoms. The van der Waals surface area contributed by atoms with Gasteiger partial charge < -0.3 is 14.4 Å². The minimum absolute atomic E-state index is 0.00679. The van der Waals surface area contributed by atoms with E-state index in [1.165, 1.54) is 18.9 Å². The van der Waals surface area contributed by atoms with Crippen LogP contribution in [0, 0.1) is 0 Å². The first-order valence-corrected chi connectivity index (χ1v) is 11.8. The number of amides is 1. The van der Waals surface area contributed by atoms with E-state index in [1.807, 2.05) is 6.26 Å². The maximum atomic E-state index is 12.6. The number of esters is 1. The number of carbonyl (C=O) groups excluding carboxylic acids is 2. The summed E-state index contributed by atoms with van der Waals surface area (Å²) in [5.41, 5.74) is 0.254. The molecule has 0 aromatic heterocycles. The van der Waals surface area contributed by atoms with E-state index in [9.17, 15) is 18.0 Å². The fourth-order valence-corrected chi connectivity index (χ4v) is 5.44. The van der Waals surface area contributed by atoms with Crippen LogP contribution >= 0.6 is 11.8 Å². The standard InChI is InChI=1S/C18H23NO6S2/c1-24-16-9-14(26-2)5-6-15(16)18(21)25-10-17(20)19(12-3-4-12)13-7-8-27(22,23)11-13/h5-6,9,12-13H,3-4,7-8,10-11H2,1-2H3/t13-/m1/s1. The Bertz CT molecular complexity index is 834. The second-order valence-electron chi connectivity index (χ2n) is 6.73. The lowest BCUT2D eigenvalue weighted by Crippen LogP contribution is -2.44. The lowest BCUT2D eigenvalue weighted by atomic mass is 10.2. The van der Waals surface area contributed by atoms with Crippen LogP contribution in [0.2, 0.25) is 0 Å². The van der Waals surface area contributed by atoms with Crippen LogP contribution in [0.4, 0.5) is 0 Å². The number of sulfone groups is 1. The van der Waals surface area contributed by atoms with Crippen molar-refractivity contribution in [1.82, 2.24) is 4.90 Å². The summed E-state index contributed by atoms with van der Waals surface area (Å²) in [6, 6.07) is 4.88. The third-order valence-corrected chi connectivity index (χ3v) is 7.26. The van der Waals surface area contributed by atoms with E-state index in [0.29, 0.717) is 12.2 Å². The normalized spacial score (nSPS) is 20.9. The molecule has 7 nitrogen and oxygen atoms in total. The summed E-state index contributed by atoms with van der Waals surface area (Å²) in [5.74, 6) is -0.490. The van der Waals surface area contributed by atoms with Crippen molar-refractivity contribution in [2.75, 3.05) is 31.5 Å². The van der Waals surface area contributed by atoms with E-state index in [4.69, 9.17) is 9.47 Å². The van der Waals surface area contributed by atoms with Crippen molar-refractivity contribution in [3.8, 4) is 5.75 Å². The first-order valence-electron chi connectivity index (χ1n) is 8.75. The molecule has 1 aliphatic heterocycles. The highest BCUT2D eigenvalue weighted by atomic mass is 32.2. The largest absolute Gasteiger partial charge is 0.496 e. The summed E-state index contributed by atoms with van der Waals surface area (Å²) in [6.07, 6.45) is 4.09. The van der Waals surface area contributed by atoms with Crippen LogP contribution in [0.15, 0.2) is 23.1 Å². The van der Waals surface area contributed by atoms with Crippen LogP contribution in [0.3, 0.4) is 0 Å². The summed E-state index contributed by atoms with van der Waals surface area (Å²) in [7, 11) is -1.62. The van der Waals surface area contributed by atoms with E-state index in [1.54, 1.807) is 23.1 Å². The van der Waals surface area contributed by atoms with Gasteiger partial charge in [-0.15, -0.1) is 11.8 Å².